The molecule has 0 atom stereocenters. The number of methoxy groups -OCH3 is 1. The molecule has 0 aromatic rings. The third-order valence-electron chi connectivity index (χ3n) is 0.780. The van der Waals surface area contributed by atoms with Crippen molar-refractivity contribution in [2.75, 3.05) is 13.7 Å². The van der Waals surface area contributed by atoms with Crippen molar-refractivity contribution in [3.05, 3.63) is 11.8 Å². The van der Waals surface area contributed by atoms with Gasteiger partial charge in [-0.3, -0.25) is 4.79 Å². The van der Waals surface area contributed by atoms with E-state index in [-0.39, 0.29) is 6.54 Å². The third kappa shape index (κ3) is 3.50. The summed E-state index contributed by atoms with van der Waals surface area (Å²) >= 11 is 0. The Bertz CT molecular complexity index is 169. The Kier molecular flexibility index (Phi) is 4.79. The van der Waals surface area contributed by atoms with Crippen LogP contribution in [0.4, 0.5) is 0 Å². The summed E-state index contributed by atoms with van der Waals surface area (Å²) in [6.07, 6.45) is 1.82. The van der Waals surface area contributed by atoms with Crippen LogP contribution in [-0.2, 0) is 9.53 Å². The second-order valence-corrected chi connectivity index (χ2v) is 1.49. The highest BCUT2D eigenvalue weighted by Gasteiger charge is 1.91. The molecule has 1 N–H and O–H groups in total. The van der Waals surface area contributed by atoms with Crippen LogP contribution in [0.25, 0.3) is 0 Å². The Labute approximate surface area is 59.1 Å². The first-order valence-electron chi connectivity index (χ1n) is 2.64. The van der Waals surface area contributed by atoms with Gasteiger partial charge in [-0.15, -0.1) is 0 Å². The third-order valence-corrected chi connectivity index (χ3v) is 0.780. The van der Waals surface area contributed by atoms with Crippen molar-refractivity contribution in [2.24, 2.45) is 0 Å². The first-order chi connectivity index (χ1) is 4.85. The van der Waals surface area contributed by atoms with E-state index in [0.717, 1.165) is 0 Å². The molecule has 0 radical (unpaired) electrons. The number of ether oxygens (including phenoxy) is 1. The second-order valence-electron chi connectivity index (χ2n) is 1.49. The van der Waals surface area contributed by atoms with Crippen LogP contribution in [0, 0.1) is 11.3 Å². The Balaban J connectivity index is 3.74. The lowest BCUT2D eigenvalue weighted by atomic mass is 10.3. The van der Waals surface area contributed by atoms with Crippen LogP contribution in [0.1, 0.15) is 0 Å². The van der Waals surface area contributed by atoms with Crippen molar-refractivity contribution in [3.63, 3.8) is 0 Å². The Morgan fingerprint density at radius 3 is 3.00 bits per heavy atom. The highest BCUT2D eigenvalue weighted by Crippen LogP contribution is 1.87. The molecule has 1 amide bonds. The maximum Gasteiger partial charge on any atom is 0.207 e. The van der Waals surface area contributed by atoms with Gasteiger partial charge >= 0.3 is 0 Å². The molecule has 4 heteroatoms. The molecule has 0 aromatic carbocycles. The SMILES string of the molecule is CO/C=C(/C#N)CNC=O. The summed E-state index contributed by atoms with van der Waals surface area (Å²) in [6, 6.07) is 1.85. The normalized spacial score (nSPS) is 9.80. The van der Waals surface area contributed by atoms with E-state index in [4.69, 9.17) is 5.26 Å². The van der Waals surface area contributed by atoms with Gasteiger partial charge in [-0.1, -0.05) is 0 Å². The quantitative estimate of drug-likeness (QED) is 0.334. The minimum Gasteiger partial charge on any atom is -0.503 e. The molecule has 4 nitrogen and oxygen atoms in total. The Hall–Kier alpha value is -1.50. The van der Waals surface area contributed by atoms with Crippen LogP contribution in [0.15, 0.2) is 11.8 Å². The van der Waals surface area contributed by atoms with E-state index in [1.54, 1.807) is 0 Å². The molecule has 0 fully saturated rings. The first kappa shape index (κ1) is 8.50. The first-order valence-corrected chi connectivity index (χ1v) is 2.64. The van der Waals surface area contributed by atoms with Gasteiger partial charge in [0.2, 0.25) is 6.41 Å². The number of carbonyl (C=O) groups excluding carboxylic acids is 1. The highest BCUT2D eigenvalue weighted by molar-refractivity contribution is 5.47. The molecule has 54 valence electrons. The number of amides is 1. The molecule has 0 saturated heterocycles. The summed E-state index contributed by atoms with van der Waals surface area (Å²) in [5.41, 5.74) is 0.384. The van der Waals surface area contributed by atoms with Crippen molar-refractivity contribution in [1.82, 2.24) is 5.32 Å². The van der Waals surface area contributed by atoms with Gasteiger partial charge in [0.05, 0.1) is 31.6 Å². The largest absolute Gasteiger partial charge is 0.503 e. The lowest BCUT2D eigenvalue weighted by molar-refractivity contribution is -0.109. The Morgan fingerprint density at radius 1 is 1.90 bits per heavy atom. The molecule has 0 saturated carbocycles. The van der Waals surface area contributed by atoms with E-state index in [0.29, 0.717) is 12.0 Å². The molecule has 0 aliphatic carbocycles. The Morgan fingerprint density at radius 2 is 2.60 bits per heavy atom. The van der Waals surface area contributed by atoms with Crippen molar-refractivity contribution in [1.29, 1.82) is 5.26 Å². The molecule has 10 heavy (non-hydrogen) atoms. The van der Waals surface area contributed by atoms with Crippen molar-refractivity contribution in [3.8, 4) is 6.07 Å². The number of nitrogens with one attached hydrogen (secondary N) is 1. The molecule has 0 rings (SSSR count). The van der Waals surface area contributed by atoms with Gasteiger partial charge in [0.1, 0.15) is 0 Å². The molecule has 0 aromatic heterocycles. The molecular weight excluding hydrogens is 132 g/mol. The number of hydrogen-bond donors (Lipinski definition) is 1. The zero-order valence-corrected chi connectivity index (χ0v) is 5.63. The van der Waals surface area contributed by atoms with E-state index >= 15 is 0 Å². The van der Waals surface area contributed by atoms with Gasteiger partial charge in [0.25, 0.3) is 0 Å². The van der Waals surface area contributed by atoms with E-state index in [2.05, 4.69) is 10.1 Å². The zero-order valence-electron chi connectivity index (χ0n) is 5.63. The summed E-state index contributed by atoms with van der Waals surface area (Å²) in [7, 11) is 1.44. The van der Waals surface area contributed by atoms with Gasteiger partial charge in [0.15, 0.2) is 0 Å². The minimum absolute atomic E-state index is 0.216. The van der Waals surface area contributed by atoms with Crippen LogP contribution in [-0.4, -0.2) is 20.1 Å². The minimum atomic E-state index is 0.216. The van der Waals surface area contributed by atoms with E-state index in [9.17, 15) is 4.79 Å². The zero-order chi connectivity index (χ0) is 7.82. The van der Waals surface area contributed by atoms with Gasteiger partial charge in [0, 0.05) is 0 Å². The summed E-state index contributed by atoms with van der Waals surface area (Å²) in [4.78, 5) is 9.74. The smallest absolute Gasteiger partial charge is 0.207 e. The van der Waals surface area contributed by atoms with Gasteiger partial charge in [-0.2, -0.15) is 5.26 Å². The van der Waals surface area contributed by atoms with Crippen LogP contribution in [0.3, 0.4) is 0 Å². The lowest BCUT2D eigenvalue weighted by Crippen LogP contribution is -2.13. The van der Waals surface area contributed by atoms with E-state index in [1.807, 2.05) is 6.07 Å². The predicted molar refractivity (Wildman–Crippen MR) is 34.8 cm³/mol. The average molecular weight is 140 g/mol. The maximum atomic E-state index is 9.74. The lowest BCUT2D eigenvalue weighted by Gasteiger charge is -1.94. The summed E-state index contributed by atoms with van der Waals surface area (Å²) in [5, 5.41) is 10.7. The number of carbonyl (C=O) groups is 1. The van der Waals surface area contributed by atoms with Gasteiger partial charge in [-0.05, 0) is 0 Å². The fourth-order valence-corrected chi connectivity index (χ4v) is 0.401. The van der Waals surface area contributed by atoms with Crippen LogP contribution < -0.4 is 5.32 Å². The monoisotopic (exact) mass is 140 g/mol. The maximum absolute atomic E-state index is 9.74. The molecule has 0 heterocycles. The van der Waals surface area contributed by atoms with Crippen LogP contribution >= 0.6 is 0 Å². The van der Waals surface area contributed by atoms with Crippen LogP contribution in [0.5, 0.6) is 0 Å². The highest BCUT2D eigenvalue weighted by atomic mass is 16.5. The van der Waals surface area contributed by atoms with E-state index < -0.39 is 0 Å². The van der Waals surface area contributed by atoms with Crippen molar-refractivity contribution >= 4 is 6.41 Å². The van der Waals surface area contributed by atoms with Gasteiger partial charge in [-0.25, -0.2) is 0 Å². The van der Waals surface area contributed by atoms with Crippen molar-refractivity contribution < 1.29 is 9.53 Å². The predicted octanol–water partition coefficient (Wildman–Crippen LogP) is -0.214. The molecule has 0 spiro atoms. The topological polar surface area (TPSA) is 62.1 Å². The summed E-state index contributed by atoms with van der Waals surface area (Å²) in [6.45, 7) is 0.216. The molecular formula is C6H8N2O2. The fraction of sp³-hybridized carbons (Fsp3) is 0.333. The summed E-state index contributed by atoms with van der Waals surface area (Å²) < 4.78 is 4.55. The number of rotatable bonds is 4. The van der Waals surface area contributed by atoms with Crippen LogP contribution in [0.2, 0.25) is 0 Å². The average Bonchev–Trinajstić information content (AvgIpc) is 1.98. The summed E-state index contributed by atoms with van der Waals surface area (Å²) in [5.74, 6) is 0. The molecule has 0 bridgehead atoms. The van der Waals surface area contributed by atoms with E-state index in [1.165, 1.54) is 13.4 Å². The van der Waals surface area contributed by atoms with Crippen molar-refractivity contribution in [2.45, 2.75) is 0 Å². The number of hydrogen-bond acceptors (Lipinski definition) is 3. The number of nitriles is 1. The molecule has 0 aliphatic heterocycles. The molecule has 0 unspecified atom stereocenters. The standard InChI is InChI=1S/C6H8N2O2/c1-10-4-6(2-7)3-8-5-9/h4-5H,3H2,1H3,(H,8,9)/b6-4-. The van der Waals surface area contributed by atoms with Gasteiger partial charge < -0.3 is 10.1 Å². The fourth-order valence-electron chi connectivity index (χ4n) is 0.401. The number of nitrogens with zero attached hydrogens (tertiary/aromatic N) is 1. The molecule has 0 aliphatic rings. The second kappa shape index (κ2) is 5.63.